The number of fused-ring (bicyclic) bond motifs is 3. The third-order valence-corrected chi connectivity index (χ3v) is 6.81. The average Bonchev–Trinajstić information content (AvgIpc) is 3.39. The van der Waals surface area contributed by atoms with E-state index in [-0.39, 0.29) is 55.0 Å². The molecule has 2 aliphatic rings. The van der Waals surface area contributed by atoms with Crippen molar-refractivity contribution in [3.63, 3.8) is 0 Å². The van der Waals surface area contributed by atoms with Crippen LogP contribution in [0.4, 0.5) is 13.2 Å². The number of hydrogen-bond donors (Lipinski definition) is 1. The van der Waals surface area contributed by atoms with Gasteiger partial charge in [-0.05, 0) is 43.9 Å². The minimum absolute atomic E-state index is 0.00143. The molecule has 1 aliphatic carbocycles. The summed E-state index contributed by atoms with van der Waals surface area (Å²) in [5.74, 6) is 0.179. The summed E-state index contributed by atoms with van der Waals surface area (Å²) in [5, 5.41) is 10.00. The Hall–Kier alpha value is -3.40. The molecule has 2 fully saturated rings. The first-order valence-electron chi connectivity index (χ1n) is 11.4. The van der Waals surface area contributed by atoms with E-state index >= 15 is 0 Å². The summed E-state index contributed by atoms with van der Waals surface area (Å²) in [5.41, 5.74) is 0.118. The highest BCUT2D eigenvalue weighted by Gasteiger charge is 2.53. The highest BCUT2D eigenvalue weighted by atomic mass is 19.4. The quantitative estimate of drug-likeness (QED) is 0.564. The Labute approximate surface area is 199 Å². The lowest BCUT2D eigenvalue weighted by atomic mass is 9.98. The lowest BCUT2D eigenvalue weighted by Crippen LogP contribution is -2.51. The molecule has 35 heavy (non-hydrogen) atoms. The molecule has 10 heteroatoms. The number of halogens is 3. The van der Waals surface area contributed by atoms with Gasteiger partial charge >= 0.3 is 6.18 Å². The molecular formula is C25H24F3N3O4. The van der Waals surface area contributed by atoms with E-state index in [2.05, 4.69) is 9.97 Å². The third kappa shape index (κ3) is 4.38. The first-order valence-corrected chi connectivity index (χ1v) is 11.4. The fourth-order valence-corrected chi connectivity index (χ4v) is 5.11. The van der Waals surface area contributed by atoms with Crippen LogP contribution < -0.4 is 9.47 Å². The number of aromatic nitrogens is 2. The molecule has 5 rings (SSSR count). The zero-order valence-electron chi connectivity index (χ0n) is 18.9. The fraction of sp³-hybridized carbons (Fsp3) is 0.400. The van der Waals surface area contributed by atoms with Crippen LogP contribution in [0.5, 0.6) is 11.8 Å². The van der Waals surface area contributed by atoms with Gasteiger partial charge in [0.2, 0.25) is 11.8 Å². The molecule has 1 saturated heterocycles. The molecular weight excluding hydrogens is 463 g/mol. The summed E-state index contributed by atoms with van der Waals surface area (Å²) >= 11 is 0. The van der Waals surface area contributed by atoms with Crippen LogP contribution in [0.25, 0.3) is 10.9 Å². The van der Waals surface area contributed by atoms with Crippen molar-refractivity contribution in [3.05, 3.63) is 59.8 Å². The van der Waals surface area contributed by atoms with Crippen LogP contribution in [0.15, 0.2) is 48.7 Å². The number of aliphatic hydroxyl groups is 1. The Morgan fingerprint density at radius 2 is 2.00 bits per heavy atom. The summed E-state index contributed by atoms with van der Waals surface area (Å²) in [6, 6.07) is 10.9. The topological polar surface area (TPSA) is 84.8 Å². The summed E-state index contributed by atoms with van der Waals surface area (Å²) in [4.78, 5) is 23.9. The predicted octanol–water partition coefficient (Wildman–Crippen LogP) is 4.09. The molecule has 0 unspecified atom stereocenters. The minimum atomic E-state index is -4.47. The van der Waals surface area contributed by atoms with Crippen molar-refractivity contribution in [2.24, 2.45) is 5.92 Å². The molecule has 7 nitrogen and oxygen atoms in total. The van der Waals surface area contributed by atoms with Gasteiger partial charge in [-0.25, -0.2) is 9.97 Å². The number of ether oxygens (including phenoxy) is 2. The number of pyridine rings is 2. The number of amides is 1. The smallest absolute Gasteiger partial charge is 0.417 e. The zero-order chi connectivity index (χ0) is 24.7. The number of benzene rings is 1. The molecule has 3 aromatic rings. The maximum Gasteiger partial charge on any atom is 0.417 e. The van der Waals surface area contributed by atoms with Crippen LogP contribution in [0.1, 0.15) is 35.7 Å². The van der Waals surface area contributed by atoms with Crippen LogP contribution in [0.3, 0.4) is 0 Å². The van der Waals surface area contributed by atoms with Gasteiger partial charge in [0.05, 0.1) is 23.7 Å². The lowest BCUT2D eigenvalue weighted by molar-refractivity contribution is -0.137. The van der Waals surface area contributed by atoms with Crippen LogP contribution in [0.2, 0.25) is 0 Å². The summed E-state index contributed by atoms with van der Waals surface area (Å²) in [6.45, 7) is 1.76. The molecule has 3 heterocycles. The van der Waals surface area contributed by atoms with Gasteiger partial charge in [0, 0.05) is 23.7 Å². The van der Waals surface area contributed by atoms with Crippen molar-refractivity contribution in [3.8, 4) is 11.8 Å². The summed E-state index contributed by atoms with van der Waals surface area (Å²) < 4.78 is 50.1. The number of aliphatic hydroxyl groups excluding tert-OH is 1. The maximum absolute atomic E-state index is 13.8. The summed E-state index contributed by atoms with van der Waals surface area (Å²) in [7, 11) is 0. The van der Waals surface area contributed by atoms with Gasteiger partial charge in [-0.3, -0.25) is 4.79 Å². The van der Waals surface area contributed by atoms with E-state index in [1.54, 1.807) is 11.0 Å². The van der Waals surface area contributed by atoms with E-state index in [0.717, 1.165) is 24.1 Å². The van der Waals surface area contributed by atoms with Crippen molar-refractivity contribution >= 4 is 16.8 Å². The van der Waals surface area contributed by atoms with Crippen molar-refractivity contribution < 1.29 is 32.5 Å². The Morgan fingerprint density at radius 3 is 2.69 bits per heavy atom. The number of alkyl halides is 3. The van der Waals surface area contributed by atoms with Crippen molar-refractivity contribution in [2.45, 2.75) is 44.1 Å². The first kappa shape index (κ1) is 23.3. The van der Waals surface area contributed by atoms with Crippen LogP contribution in [-0.2, 0) is 6.18 Å². The van der Waals surface area contributed by atoms with Gasteiger partial charge in [0.15, 0.2) is 0 Å². The molecule has 2 bridgehead atoms. The molecule has 1 amide bonds. The van der Waals surface area contributed by atoms with E-state index in [0.29, 0.717) is 17.5 Å². The third-order valence-electron chi connectivity index (χ3n) is 6.81. The fourth-order valence-electron chi connectivity index (χ4n) is 5.11. The first-order chi connectivity index (χ1) is 16.8. The minimum Gasteiger partial charge on any atom is -0.475 e. The zero-order valence-corrected chi connectivity index (χ0v) is 18.9. The van der Waals surface area contributed by atoms with Gasteiger partial charge in [-0.2, -0.15) is 13.2 Å². The van der Waals surface area contributed by atoms with Crippen molar-refractivity contribution in [1.82, 2.24) is 14.9 Å². The number of piperidine rings is 1. The largest absolute Gasteiger partial charge is 0.475 e. The highest BCUT2D eigenvalue weighted by molar-refractivity contribution is 6.00. The van der Waals surface area contributed by atoms with E-state index in [4.69, 9.17) is 9.47 Å². The Bertz CT molecular complexity index is 1230. The maximum atomic E-state index is 13.8. The normalized spacial score (nSPS) is 23.6. The molecule has 1 saturated carbocycles. The molecule has 2 aromatic heterocycles. The van der Waals surface area contributed by atoms with E-state index in [9.17, 15) is 23.1 Å². The predicted molar refractivity (Wildman–Crippen MR) is 120 cm³/mol. The number of carbonyl (C=O) groups excluding carboxylic acids is 1. The Balaban J connectivity index is 1.41. The Morgan fingerprint density at radius 1 is 1.20 bits per heavy atom. The number of nitrogens with zero attached hydrogens (tertiary/aromatic N) is 3. The SMILES string of the molecule is C[C@@H]1[C@H]2C[C@@H](Oc3ccc(C(F)(F)F)cn3)[C@H](C2)N1C(=O)c1cc2ccccc2nc1OCCO. The van der Waals surface area contributed by atoms with E-state index in [1.807, 2.05) is 31.2 Å². The molecule has 1 aromatic carbocycles. The second-order valence-corrected chi connectivity index (χ2v) is 8.90. The van der Waals surface area contributed by atoms with Crippen LogP contribution >= 0.6 is 0 Å². The average molecular weight is 487 g/mol. The van der Waals surface area contributed by atoms with E-state index < -0.39 is 11.7 Å². The monoisotopic (exact) mass is 487 g/mol. The second-order valence-electron chi connectivity index (χ2n) is 8.90. The number of para-hydroxylation sites is 1. The molecule has 1 N–H and O–H groups in total. The molecule has 4 atom stereocenters. The Kier molecular flexibility index (Phi) is 6.00. The molecule has 0 radical (unpaired) electrons. The van der Waals surface area contributed by atoms with Crippen LogP contribution in [-0.4, -0.2) is 57.3 Å². The van der Waals surface area contributed by atoms with Gasteiger partial charge in [-0.1, -0.05) is 18.2 Å². The van der Waals surface area contributed by atoms with Gasteiger partial charge in [0.25, 0.3) is 5.91 Å². The molecule has 1 aliphatic heterocycles. The van der Waals surface area contributed by atoms with Crippen LogP contribution in [0, 0.1) is 5.92 Å². The number of likely N-dealkylation sites (tertiary alicyclic amines) is 1. The van der Waals surface area contributed by atoms with Gasteiger partial charge < -0.3 is 19.5 Å². The second kappa shape index (κ2) is 8.99. The lowest BCUT2D eigenvalue weighted by Gasteiger charge is -2.37. The summed E-state index contributed by atoms with van der Waals surface area (Å²) in [6.07, 6.45) is -2.70. The standard InChI is InChI=1S/C25H24F3N3O4/c1-14-16-11-20(21(12-16)35-22-7-6-17(13-29-22)25(26,27)28)31(14)24(33)18-10-15-4-2-3-5-19(15)30-23(18)34-9-8-32/h2-7,10,13-14,16,20-21,32H,8-9,11-12H2,1H3/t14-,16-,20+,21-/m1/s1. The molecule has 0 spiro atoms. The molecule has 184 valence electrons. The van der Waals surface area contributed by atoms with Crippen molar-refractivity contribution in [1.29, 1.82) is 0 Å². The van der Waals surface area contributed by atoms with Crippen molar-refractivity contribution in [2.75, 3.05) is 13.2 Å². The number of hydrogen-bond acceptors (Lipinski definition) is 6. The van der Waals surface area contributed by atoms with E-state index in [1.165, 1.54) is 6.07 Å². The van der Waals surface area contributed by atoms with Gasteiger partial charge in [-0.15, -0.1) is 0 Å². The number of rotatable bonds is 6. The highest BCUT2D eigenvalue weighted by Crippen LogP contribution is 2.45. The van der Waals surface area contributed by atoms with Gasteiger partial charge in [0.1, 0.15) is 18.3 Å². The number of carbonyl (C=O) groups is 1.